The molecule has 5 nitrogen and oxygen atoms in total. The Morgan fingerprint density at radius 1 is 1.42 bits per heavy atom. The van der Waals surface area contributed by atoms with E-state index in [4.69, 9.17) is 10.8 Å². The zero-order valence-electron chi connectivity index (χ0n) is 11.4. The fourth-order valence-corrected chi connectivity index (χ4v) is 2.59. The lowest BCUT2D eigenvalue weighted by Gasteiger charge is -2.33. The molecule has 4 N–H and O–H groups in total. The minimum absolute atomic E-state index is 0.119. The van der Waals surface area contributed by atoms with E-state index in [1.165, 1.54) is 18.7 Å². The molecule has 1 aliphatic rings. The quantitative estimate of drug-likeness (QED) is 0.780. The van der Waals surface area contributed by atoms with Crippen LogP contribution in [0.3, 0.4) is 0 Å². The van der Waals surface area contributed by atoms with Gasteiger partial charge in [0.15, 0.2) is 0 Å². The molecule has 0 aliphatic heterocycles. The predicted molar refractivity (Wildman–Crippen MR) is 75.2 cm³/mol. The zero-order valence-corrected chi connectivity index (χ0v) is 11.4. The first kappa shape index (κ1) is 13.6. The fraction of sp³-hybridized carbons (Fsp3) is 0.571. The largest absolute Gasteiger partial charge is 0.478 e. The van der Waals surface area contributed by atoms with Crippen molar-refractivity contribution in [1.82, 2.24) is 4.98 Å². The Balaban J connectivity index is 2.05. The maximum Gasteiger partial charge on any atom is 0.337 e. The van der Waals surface area contributed by atoms with E-state index < -0.39 is 5.97 Å². The molecule has 1 saturated carbocycles. The van der Waals surface area contributed by atoms with Crippen molar-refractivity contribution in [3.05, 3.63) is 17.8 Å². The molecule has 0 bridgehead atoms. The number of carboxylic acid groups (broad SMARTS) is 1. The molecule has 1 aliphatic carbocycles. The molecular weight excluding hydrogens is 242 g/mol. The van der Waals surface area contributed by atoms with Crippen LogP contribution in [0, 0.1) is 11.8 Å². The molecule has 0 spiro atoms. The Kier molecular flexibility index (Phi) is 3.93. The molecule has 5 heteroatoms. The van der Waals surface area contributed by atoms with Crippen molar-refractivity contribution in [1.29, 1.82) is 0 Å². The number of carbonyl (C=O) groups is 1. The van der Waals surface area contributed by atoms with Crippen LogP contribution in [0.15, 0.2) is 12.3 Å². The highest BCUT2D eigenvalue weighted by Gasteiger charge is 2.25. The summed E-state index contributed by atoms with van der Waals surface area (Å²) in [4.78, 5) is 14.9. The summed E-state index contributed by atoms with van der Waals surface area (Å²) in [6, 6.07) is 1.82. The Morgan fingerprint density at radius 2 is 2.16 bits per heavy atom. The van der Waals surface area contributed by atoms with Crippen molar-refractivity contribution in [2.45, 2.75) is 39.2 Å². The highest BCUT2D eigenvalue weighted by atomic mass is 16.4. The Hall–Kier alpha value is -1.78. The molecule has 1 aromatic rings. The number of nitrogens with one attached hydrogen (secondary N) is 1. The molecule has 0 radical (unpaired) electrons. The van der Waals surface area contributed by atoms with Crippen LogP contribution in [0.1, 0.15) is 43.5 Å². The van der Waals surface area contributed by atoms with Gasteiger partial charge in [-0.15, -0.1) is 0 Å². The smallest absolute Gasteiger partial charge is 0.337 e. The number of hydrogen-bond acceptors (Lipinski definition) is 4. The van der Waals surface area contributed by atoms with Gasteiger partial charge in [-0.1, -0.05) is 13.8 Å². The number of pyridine rings is 1. The molecule has 0 aromatic carbocycles. The number of nitrogens with two attached hydrogens (primary N) is 1. The molecule has 3 atom stereocenters. The molecule has 1 heterocycles. The van der Waals surface area contributed by atoms with E-state index in [0.717, 1.165) is 18.8 Å². The van der Waals surface area contributed by atoms with Crippen molar-refractivity contribution in [2.24, 2.45) is 11.8 Å². The van der Waals surface area contributed by atoms with Gasteiger partial charge in [0.25, 0.3) is 0 Å². The lowest BCUT2D eigenvalue weighted by atomic mass is 9.79. The molecule has 3 unspecified atom stereocenters. The minimum atomic E-state index is -1.01. The fourth-order valence-electron chi connectivity index (χ4n) is 2.59. The third kappa shape index (κ3) is 3.16. The topological polar surface area (TPSA) is 88.2 Å². The summed E-state index contributed by atoms with van der Waals surface area (Å²) in [5.74, 6) is 1.03. The van der Waals surface area contributed by atoms with E-state index >= 15 is 0 Å². The van der Waals surface area contributed by atoms with Gasteiger partial charge in [-0.05, 0) is 37.2 Å². The minimum Gasteiger partial charge on any atom is -0.478 e. The van der Waals surface area contributed by atoms with Gasteiger partial charge in [-0.3, -0.25) is 0 Å². The van der Waals surface area contributed by atoms with Crippen LogP contribution in [-0.4, -0.2) is 22.1 Å². The van der Waals surface area contributed by atoms with Crippen LogP contribution in [0.5, 0.6) is 0 Å². The average Bonchev–Trinajstić information content (AvgIpc) is 2.36. The second kappa shape index (κ2) is 5.47. The first-order chi connectivity index (χ1) is 8.97. The van der Waals surface area contributed by atoms with E-state index in [0.29, 0.717) is 23.5 Å². The summed E-state index contributed by atoms with van der Waals surface area (Å²) >= 11 is 0. The number of aromatic nitrogens is 1. The van der Waals surface area contributed by atoms with Gasteiger partial charge in [0, 0.05) is 12.2 Å². The Labute approximate surface area is 113 Å². The van der Waals surface area contributed by atoms with E-state index in [-0.39, 0.29) is 5.56 Å². The molecule has 1 aromatic heterocycles. The zero-order chi connectivity index (χ0) is 14.0. The lowest BCUT2D eigenvalue weighted by molar-refractivity contribution is 0.0696. The van der Waals surface area contributed by atoms with Crippen LogP contribution < -0.4 is 11.1 Å². The number of nitrogens with zero attached hydrogens (tertiary/aromatic N) is 1. The highest BCUT2D eigenvalue weighted by molar-refractivity contribution is 5.89. The molecule has 2 rings (SSSR count). The van der Waals surface area contributed by atoms with Crippen molar-refractivity contribution >= 4 is 17.5 Å². The average molecular weight is 263 g/mol. The van der Waals surface area contributed by atoms with Crippen molar-refractivity contribution in [3.8, 4) is 0 Å². The number of hydrogen-bond donors (Lipinski definition) is 3. The van der Waals surface area contributed by atoms with E-state index in [1.807, 2.05) is 0 Å². The van der Waals surface area contributed by atoms with Crippen LogP contribution in [0.2, 0.25) is 0 Å². The summed E-state index contributed by atoms with van der Waals surface area (Å²) in [5.41, 5.74) is 6.36. The van der Waals surface area contributed by atoms with Gasteiger partial charge in [0.1, 0.15) is 5.82 Å². The summed E-state index contributed by atoms with van der Waals surface area (Å²) in [6.45, 7) is 4.55. The molecule has 0 amide bonds. The number of nitrogen functional groups attached to an aromatic ring is 1. The van der Waals surface area contributed by atoms with E-state index in [1.54, 1.807) is 0 Å². The number of aromatic carboxylic acids is 1. The number of anilines is 2. The van der Waals surface area contributed by atoms with Gasteiger partial charge in [0.05, 0.1) is 11.3 Å². The molecule has 104 valence electrons. The van der Waals surface area contributed by atoms with Crippen molar-refractivity contribution < 1.29 is 9.90 Å². The first-order valence-corrected chi connectivity index (χ1v) is 6.72. The van der Waals surface area contributed by atoms with Crippen LogP contribution in [0.25, 0.3) is 0 Å². The van der Waals surface area contributed by atoms with Gasteiger partial charge >= 0.3 is 5.97 Å². The third-order valence-electron chi connectivity index (χ3n) is 4.10. The third-order valence-corrected chi connectivity index (χ3v) is 4.10. The second-order valence-electron chi connectivity index (χ2n) is 5.58. The molecular formula is C14H21N3O2. The Bertz CT molecular complexity index is 476. The standard InChI is InChI=1S/C14H21N3O2/c1-8-3-4-11(5-9(8)2)17-13-12(15)6-10(7-16-13)14(18)19/h6-9,11H,3-5,15H2,1-2H3,(H,16,17)(H,18,19). The summed E-state index contributed by atoms with van der Waals surface area (Å²) in [5, 5.41) is 12.2. The second-order valence-corrected chi connectivity index (χ2v) is 5.58. The highest BCUT2D eigenvalue weighted by Crippen LogP contribution is 2.31. The predicted octanol–water partition coefficient (Wildman–Crippen LogP) is 2.60. The van der Waals surface area contributed by atoms with Crippen LogP contribution in [0.4, 0.5) is 11.5 Å². The van der Waals surface area contributed by atoms with Gasteiger partial charge < -0.3 is 16.2 Å². The molecule has 0 saturated heterocycles. The first-order valence-electron chi connectivity index (χ1n) is 6.72. The number of rotatable bonds is 3. The summed E-state index contributed by atoms with van der Waals surface area (Å²) in [7, 11) is 0. The van der Waals surface area contributed by atoms with Crippen molar-refractivity contribution in [3.63, 3.8) is 0 Å². The van der Waals surface area contributed by atoms with E-state index in [2.05, 4.69) is 24.1 Å². The Morgan fingerprint density at radius 3 is 2.74 bits per heavy atom. The van der Waals surface area contributed by atoms with Gasteiger partial charge in [-0.2, -0.15) is 0 Å². The monoisotopic (exact) mass is 263 g/mol. The van der Waals surface area contributed by atoms with Crippen LogP contribution >= 0.6 is 0 Å². The maximum absolute atomic E-state index is 10.8. The van der Waals surface area contributed by atoms with Gasteiger partial charge in [-0.25, -0.2) is 9.78 Å². The van der Waals surface area contributed by atoms with E-state index in [9.17, 15) is 4.79 Å². The van der Waals surface area contributed by atoms with Gasteiger partial charge in [0.2, 0.25) is 0 Å². The van der Waals surface area contributed by atoms with Crippen LogP contribution in [-0.2, 0) is 0 Å². The molecule has 1 fully saturated rings. The lowest BCUT2D eigenvalue weighted by Crippen LogP contribution is -2.31. The normalized spacial score (nSPS) is 26.9. The number of carboxylic acids is 1. The maximum atomic E-state index is 10.8. The summed E-state index contributed by atoms with van der Waals surface area (Å²) < 4.78 is 0. The summed E-state index contributed by atoms with van der Waals surface area (Å²) in [6.07, 6.45) is 4.75. The van der Waals surface area contributed by atoms with Crippen molar-refractivity contribution in [2.75, 3.05) is 11.1 Å². The molecule has 19 heavy (non-hydrogen) atoms. The SMILES string of the molecule is CC1CCC(Nc2ncc(C(=O)O)cc2N)CC1C.